The van der Waals surface area contributed by atoms with Crippen LogP contribution in [-0.2, 0) is 9.53 Å². The Labute approximate surface area is 151 Å². The first-order chi connectivity index (χ1) is 11.7. The van der Waals surface area contributed by atoms with E-state index in [0.29, 0.717) is 13.0 Å². The smallest absolute Gasteiger partial charge is 0.306 e. The van der Waals surface area contributed by atoms with Crippen LogP contribution >= 0.6 is 0 Å². The van der Waals surface area contributed by atoms with Crippen molar-refractivity contribution < 1.29 is 9.53 Å². The molecule has 0 amide bonds. The van der Waals surface area contributed by atoms with E-state index in [1.807, 2.05) is 6.92 Å². The van der Waals surface area contributed by atoms with Gasteiger partial charge in [0, 0.05) is 13.0 Å². The standard InChI is InChI=1S/C21H43NO2/c1-3-4-5-6-7-8-9-10-11-12-13-14-15-16-17-18-21(23)24-20(2)19-22/h20H,3-19,22H2,1-2H3. The Kier molecular flexibility index (Phi) is 18.3. The van der Waals surface area contributed by atoms with E-state index in [1.54, 1.807) is 0 Å². The second-order valence-corrected chi connectivity index (χ2v) is 7.24. The molecule has 0 aliphatic carbocycles. The average molecular weight is 342 g/mol. The molecule has 0 aromatic rings. The van der Waals surface area contributed by atoms with Crippen LogP contribution in [0.5, 0.6) is 0 Å². The van der Waals surface area contributed by atoms with E-state index >= 15 is 0 Å². The second-order valence-electron chi connectivity index (χ2n) is 7.24. The molecule has 0 fully saturated rings. The van der Waals surface area contributed by atoms with E-state index in [4.69, 9.17) is 10.5 Å². The summed E-state index contributed by atoms with van der Waals surface area (Å²) >= 11 is 0. The van der Waals surface area contributed by atoms with Gasteiger partial charge < -0.3 is 10.5 Å². The van der Waals surface area contributed by atoms with Crippen LogP contribution in [0.2, 0.25) is 0 Å². The van der Waals surface area contributed by atoms with Gasteiger partial charge in [0.1, 0.15) is 6.10 Å². The van der Waals surface area contributed by atoms with Crippen molar-refractivity contribution >= 4 is 5.97 Å². The van der Waals surface area contributed by atoms with Gasteiger partial charge in [0.2, 0.25) is 0 Å². The molecule has 0 spiro atoms. The maximum Gasteiger partial charge on any atom is 0.306 e. The number of esters is 1. The number of ether oxygens (including phenoxy) is 1. The van der Waals surface area contributed by atoms with Gasteiger partial charge in [-0.2, -0.15) is 0 Å². The van der Waals surface area contributed by atoms with Gasteiger partial charge in [0.05, 0.1) is 0 Å². The van der Waals surface area contributed by atoms with E-state index in [-0.39, 0.29) is 12.1 Å². The molecule has 1 unspecified atom stereocenters. The summed E-state index contributed by atoms with van der Waals surface area (Å²) in [6.07, 6.45) is 20.5. The minimum absolute atomic E-state index is 0.0948. The number of carbonyl (C=O) groups is 1. The van der Waals surface area contributed by atoms with Crippen LogP contribution in [0.1, 0.15) is 117 Å². The second kappa shape index (κ2) is 18.8. The molecule has 1 atom stereocenters. The molecule has 0 bridgehead atoms. The highest BCUT2D eigenvalue weighted by molar-refractivity contribution is 5.69. The normalized spacial score (nSPS) is 12.3. The number of rotatable bonds is 18. The number of hydrogen-bond donors (Lipinski definition) is 1. The predicted molar refractivity (Wildman–Crippen MR) is 104 cm³/mol. The molecule has 0 rings (SSSR count). The van der Waals surface area contributed by atoms with Crippen molar-refractivity contribution in [3.05, 3.63) is 0 Å². The minimum Gasteiger partial charge on any atom is -0.461 e. The summed E-state index contributed by atoms with van der Waals surface area (Å²) in [6.45, 7) is 4.52. The highest BCUT2D eigenvalue weighted by Crippen LogP contribution is 2.13. The molecular weight excluding hydrogens is 298 g/mol. The Hall–Kier alpha value is -0.570. The lowest BCUT2D eigenvalue weighted by Crippen LogP contribution is -2.23. The van der Waals surface area contributed by atoms with Crippen molar-refractivity contribution in [2.75, 3.05) is 6.54 Å². The van der Waals surface area contributed by atoms with Crippen molar-refractivity contribution in [2.45, 2.75) is 123 Å². The van der Waals surface area contributed by atoms with E-state index < -0.39 is 0 Å². The lowest BCUT2D eigenvalue weighted by molar-refractivity contribution is -0.147. The third-order valence-electron chi connectivity index (χ3n) is 4.65. The number of unbranched alkanes of at least 4 members (excludes halogenated alkanes) is 14. The van der Waals surface area contributed by atoms with Crippen molar-refractivity contribution in [1.29, 1.82) is 0 Å². The summed E-state index contributed by atoms with van der Waals surface area (Å²) in [6, 6.07) is 0. The van der Waals surface area contributed by atoms with E-state index in [0.717, 1.165) is 12.8 Å². The molecule has 0 aliphatic heterocycles. The summed E-state index contributed by atoms with van der Waals surface area (Å²) in [7, 11) is 0. The zero-order valence-corrected chi connectivity index (χ0v) is 16.5. The Morgan fingerprint density at radius 1 is 0.750 bits per heavy atom. The van der Waals surface area contributed by atoms with Gasteiger partial charge in [-0.25, -0.2) is 0 Å². The Morgan fingerprint density at radius 2 is 1.12 bits per heavy atom. The van der Waals surface area contributed by atoms with E-state index in [2.05, 4.69) is 6.92 Å². The summed E-state index contributed by atoms with van der Waals surface area (Å²) in [4.78, 5) is 11.5. The molecule has 0 aromatic heterocycles. The number of hydrogen-bond acceptors (Lipinski definition) is 3. The highest BCUT2D eigenvalue weighted by atomic mass is 16.5. The third-order valence-corrected chi connectivity index (χ3v) is 4.65. The molecule has 144 valence electrons. The summed E-state index contributed by atoms with van der Waals surface area (Å²) in [5, 5.41) is 0. The third kappa shape index (κ3) is 17.8. The SMILES string of the molecule is CCCCCCCCCCCCCCCCCC(=O)OC(C)CN. The van der Waals surface area contributed by atoms with Gasteiger partial charge in [-0.1, -0.05) is 96.8 Å². The fraction of sp³-hybridized carbons (Fsp3) is 0.952. The van der Waals surface area contributed by atoms with Gasteiger partial charge in [0.25, 0.3) is 0 Å². The fourth-order valence-corrected chi connectivity index (χ4v) is 2.97. The lowest BCUT2D eigenvalue weighted by atomic mass is 10.0. The Morgan fingerprint density at radius 3 is 1.50 bits per heavy atom. The molecule has 3 heteroatoms. The van der Waals surface area contributed by atoms with E-state index in [1.165, 1.54) is 83.5 Å². The summed E-state index contributed by atoms with van der Waals surface area (Å²) in [5.41, 5.74) is 5.43. The first-order valence-corrected chi connectivity index (χ1v) is 10.6. The fourth-order valence-electron chi connectivity index (χ4n) is 2.97. The highest BCUT2D eigenvalue weighted by Gasteiger charge is 2.06. The molecular formula is C21H43NO2. The maximum absolute atomic E-state index is 11.5. The van der Waals surface area contributed by atoms with Crippen molar-refractivity contribution in [1.82, 2.24) is 0 Å². The first kappa shape index (κ1) is 23.4. The molecule has 0 aliphatic rings. The van der Waals surface area contributed by atoms with Gasteiger partial charge in [-0.3, -0.25) is 4.79 Å². The predicted octanol–water partition coefficient (Wildman–Crippen LogP) is 6.14. The van der Waals surface area contributed by atoms with Gasteiger partial charge in [-0.05, 0) is 13.3 Å². The Bertz CT molecular complexity index is 269. The average Bonchev–Trinajstić information content (AvgIpc) is 2.58. The largest absolute Gasteiger partial charge is 0.461 e. The van der Waals surface area contributed by atoms with Crippen LogP contribution in [0.25, 0.3) is 0 Å². The van der Waals surface area contributed by atoms with Crippen LogP contribution in [0, 0.1) is 0 Å². The molecule has 0 radical (unpaired) electrons. The van der Waals surface area contributed by atoms with Crippen LogP contribution in [0.15, 0.2) is 0 Å². The molecule has 0 heterocycles. The van der Waals surface area contributed by atoms with Gasteiger partial charge in [-0.15, -0.1) is 0 Å². The lowest BCUT2D eigenvalue weighted by Gasteiger charge is -2.10. The van der Waals surface area contributed by atoms with Crippen molar-refractivity contribution in [3.8, 4) is 0 Å². The van der Waals surface area contributed by atoms with E-state index in [9.17, 15) is 4.79 Å². The van der Waals surface area contributed by atoms with Gasteiger partial charge in [0.15, 0.2) is 0 Å². The minimum atomic E-state index is -0.145. The molecule has 0 aromatic carbocycles. The van der Waals surface area contributed by atoms with Crippen molar-refractivity contribution in [3.63, 3.8) is 0 Å². The molecule has 0 saturated heterocycles. The van der Waals surface area contributed by atoms with Crippen LogP contribution in [-0.4, -0.2) is 18.6 Å². The summed E-state index contributed by atoms with van der Waals surface area (Å²) in [5.74, 6) is -0.0948. The van der Waals surface area contributed by atoms with Crippen LogP contribution in [0.4, 0.5) is 0 Å². The molecule has 3 nitrogen and oxygen atoms in total. The molecule has 2 N–H and O–H groups in total. The topological polar surface area (TPSA) is 52.3 Å². The monoisotopic (exact) mass is 341 g/mol. The maximum atomic E-state index is 11.5. The first-order valence-electron chi connectivity index (χ1n) is 10.6. The van der Waals surface area contributed by atoms with Crippen molar-refractivity contribution in [2.24, 2.45) is 5.73 Å². The number of nitrogens with two attached hydrogens (primary N) is 1. The summed E-state index contributed by atoms with van der Waals surface area (Å²) < 4.78 is 5.15. The van der Waals surface area contributed by atoms with Crippen LogP contribution in [0.3, 0.4) is 0 Å². The quantitative estimate of drug-likeness (QED) is 0.241. The molecule has 24 heavy (non-hydrogen) atoms. The zero-order chi connectivity index (χ0) is 17.9. The Balaban J connectivity index is 3.11. The van der Waals surface area contributed by atoms with Crippen LogP contribution < -0.4 is 5.73 Å². The zero-order valence-electron chi connectivity index (χ0n) is 16.5. The van der Waals surface area contributed by atoms with Gasteiger partial charge >= 0.3 is 5.97 Å². The molecule has 0 saturated carbocycles. The number of carbonyl (C=O) groups excluding carboxylic acids is 1.